The molecule has 0 aliphatic heterocycles. The minimum absolute atomic E-state index is 0.231. The van der Waals surface area contributed by atoms with Gasteiger partial charge in [-0.2, -0.15) is 0 Å². The maximum absolute atomic E-state index is 6.67. The van der Waals surface area contributed by atoms with E-state index in [1.807, 2.05) is 6.92 Å². The number of alkyl halides is 2. The summed E-state index contributed by atoms with van der Waals surface area (Å²) in [5.74, 6) is -1.34. The molecule has 2 aliphatic carbocycles. The number of halogens is 4. The first-order chi connectivity index (χ1) is 8.35. The quantitative estimate of drug-likeness (QED) is 0.581. The lowest BCUT2D eigenvalue weighted by atomic mass is 10.0. The molecule has 104 valence electrons. The van der Waals surface area contributed by atoms with Crippen LogP contribution in [0.2, 0.25) is 0 Å². The molecule has 1 fully saturated rings. The lowest BCUT2D eigenvalue weighted by molar-refractivity contribution is -0.222. The summed E-state index contributed by atoms with van der Waals surface area (Å²) in [6.45, 7) is 2.35. The minimum Gasteiger partial charge on any atom is -0.376 e. The van der Waals surface area contributed by atoms with E-state index in [-0.39, 0.29) is 10.1 Å². The van der Waals surface area contributed by atoms with Gasteiger partial charge in [-0.3, -0.25) is 0 Å². The molecule has 0 radical (unpaired) electrons. The molecule has 0 aromatic heterocycles. The van der Waals surface area contributed by atoms with Crippen LogP contribution in [0, 0.1) is 0 Å². The lowest BCUT2D eigenvalue weighted by Gasteiger charge is -2.40. The van der Waals surface area contributed by atoms with E-state index < -0.39 is 21.6 Å². The molecule has 18 heavy (non-hydrogen) atoms. The molecule has 0 heterocycles. The van der Waals surface area contributed by atoms with Gasteiger partial charge in [-0.05, 0) is 6.92 Å². The van der Waals surface area contributed by atoms with Crippen molar-refractivity contribution in [3.8, 4) is 0 Å². The van der Waals surface area contributed by atoms with Crippen molar-refractivity contribution in [2.45, 2.75) is 35.0 Å². The summed E-state index contributed by atoms with van der Waals surface area (Å²) in [5.41, 5.74) is 0. The number of fused-ring (bicyclic) bond motifs is 2. The fourth-order valence-corrected chi connectivity index (χ4v) is 4.95. The van der Waals surface area contributed by atoms with E-state index in [0.717, 1.165) is 0 Å². The Balaban J connectivity index is 2.61. The molecule has 0 unspecified atom stereocenters. The Hall–Kier alpha value is 0.780. The highest BCUT2D eigenvalue weighted by atomic mass is 35.5. The van der Waals surface area contributed by atoms with Crippen LogP contribution in [-0.4, -0.2) is 42.5 Å². The summed E-state index contributed by atoms with van der Waals surface area (Å²) >= 11 is 25.7. The van der Waals surface area contributed by atoms with E-state index in [2.05, 4.69) is 0 Å². The Morgan fingerprint density at radius 3 is 2.11 bits per heavy atom. The van der Waals surface area contributed by atoms with Crippen LogP contribution >= 0.6 is 46.4 Å². The SMILES string of the molecule is CCO[C@H]1C[C@@]2(Cl)C(Cl)=C(Cl)[C@]1(Cl)C2(OC)OC. The van der Waals surface area contributed by atoms with Gasteiger partial charge in [-0.25, -0.2) is 0 Å². The topological polar surface area (TPSA) is 27.7 Å². The molecule has 0 aromatic carbocycles. The molecule has 3 nitrogen and oxygen atoms in total. The molecule has 0 aromatic rings. The Kier molecular flexibility index (Phi) is 3.93. The van der Waals surface area contributed by atoms with Crippen molar-refractivity contribution >= 4 is 46.4 Å². The second-order valence-electron chi connectivity index (χ2n) is 4.31. The highest BCUT2D eigenvalue weighted by Gasteiger charge is 2.81. The van der Waals surface area contributed by atoms with E-state index in [1.165, 1.54) is 14.2 Å². The zero-order chi connectivity index (χ0) is 13.8. The summed E-state index contributed by atoms with van der Waals surface area (Å²) in [4.78, 5) is -2.36. The second kappa shape index (κ2) is 4.66. The van der Waals surface area contributed by atoms with Crippen molar-refractivity contribution < 1.29 is 14.2 Å². The van der Waals surface area contributed by atoms with Gasteiger partial charge in [0.05, 0.1) is 16.2 Å². The molecule has 3 atom stereocenters. The first-order valence-electron chi connectivity index (χ1n) is 5.51. The van der Waals surface area contributed by atoms with Gasteiger partial charge in [0.2, 0.25) is 5.79 Å². The van der Waals surface area contributed by atoms with Gasteiger partial charge in [0.25, 0.3) is 0 Å². The Morgan fingerprint density at radius 2 is 1.72 bits per heavy atom. The van der Waals surface area contributed by atoms with Crippen LogP contribution in [-0.2, 0) is 14.2 Å². The Morgan fingerprint density at radius 1 is 1.17 bits per heavy atom. The van der Waals surface area contributed by atoms with Crippen molar-refractivity contribution in [1.82, 2.24) is 0 Å². The predicted molar refractivity (Wildman–Crippen MR) is 72.7 cm³/mol. The molecule has 0 saturated heterocycles. The highest BCUT2D eigenvalue weighted by Crippen LogP contribution is 2.70. The highest BCUT2D eigenvalue weighted by molar-refractivity contribution is 6.52. The van der Waals surface area contributed by atoms with Crippen molar-refractivity contribution in [2.75, 3.05) is 20.8 Å². The lowest BCUT2D eigenvalue weighted by Crippen LogP contribution is -2.58. The molecule has 1 saturated carbocycles. The second-order valence-corrected chi connectivity index (χ2v) is 6.31. The first-order valence-corrected chi connectivity index (χ1v) is 7.02. The van der Waals surface area contributed by atoms with E-state index in [0.29, 0.717) is 13.0 Å². The number of hydrogen-bond acceptors (Lipinski definition) is 3. The molecule has 2 aliphatic rings. The van der Waals surface area contributed by atoms with Crippen LogP contribution in [0.5, 0.6) is 0 Å². The molecule has 0 spiro atoms. The molecule has 2 rings (SSSR count). The summed E-state index contributed by atoms with van der Waals surface area (Å²) in [6, 6.07) is 0. The molecular weight excluding hydrogens is 322 g/mol. The van der Waals surface area contributed by atoms with Crippen LogP contribution in [0.15, 0.2) is 10.1 Å². The van der Waals surface area contributed by atoms with Gasteiger partial charge in [0.1, 0.15) is 4.87 Å². The average molecular weight is 336 g/mol. The van der Waals surface area contributed by atoms with Gasteiger partial charge in [0, 0.05) is 27.2 Å². The van der Waals surface area contributed by atoms with Gasteiger partial charge >= 0.3 is 0 Å². The van der Waals surface area contributed by atoms with Crippen LogP contribution in [0.1, 0.15) is 13.3 Å². The fourth-order valence-electron chi connectivity index (χ4n) is 2.96. The molecule has 2 bridgehead atoms. The van der Waals surface area contributed by atoms with Crippen molar-refractivity contribution in [2.24, 2.45) is 0 Å². The number of ether oxygens (including phenoxy) is 3. The Bertz CT molecular complexity index is 396. The molecule has 7 heteroatoms. The largest absolute Gasteiger partial charge is 0.376 e. The van der Waals surface area contributed by atoms with Gasteiger partial charge in [0.15, 0.2) is 4.87 Å². The third-order valence-corrected chi connectivity index (χ3v) is 6.28. The zero-order valence-electron chi connectivity index (χ0n) is 10.2. The van der Waals surface area contributed by atoms with Gasteiger partial charge < -0.3 is 14.2 Å². The summed E-state index contributed by atoms with van der Waals surface area (Å²) in [5, 5.41) is 0.495. The average Bonchev–Trinajstić information content (AvgIpc) is 2.61. The zero-order valence-corrected chi connectivity index (χ0v) is 13.3. The predicted octanol–water partition coefficient (Wildman–Crippen LogP) is 3.44. The normalized spacial score (nSPS) is 41.8. The van der Waals surface area contributed by atoms with Gasteiger partial charge in [-0.1, -0.05) is 23.2 Å². The van der Waals surface area contributed by atoms with Crippen molar-refractivity contribution in [1.29, 1.82) is 0 Å². The summed E-state index contributed by atoms with van der Waals surface area (Å²) in [6.07, 6.45) is -0.0422. The monoisotopic (exact) mass is 334 g/mol. The van der Waals surface area contributed by atoms with E-state index >= 15 is 0 Å². The molecule has 0 amide bonds. The molecule has 0 N–H and O–H groups in total. The third kappa shape index (κ3) is 1.39. The minimum atomic E-state index is -1.34. The standard InChI is InChI=1S/C11H14Cl4O3/c1-4-18-6-5-9(14)7(12)8(13)10(6,15)11(9,16-2)17-3/h6H,4-5H2,1-3H3/t6-,9+,10-/m0/s1. The number of hydrogen-bond donors (Lipinski definition) is 0. The van der Waals surface area contributed by atoms with Crippen LogP contribution < -0.4 is 0 Å². The Labute approximate surface area is 126 Å². The fraction of sp³-hybridized carbons (Fsp3) is 0.818. The van der Waals surface area contributed by atoms with Crippen LogP contribution in [0.3, 0.4) is 0 Å². The number of rotatable bonds is 4. The van der Waals surface area contributed by atoms with Crippen molar-refractivity contribution in [3.05, 3.63) is 10.1 Å². The summed E-state index contributed by atoms with van der Waals surface area (Å²) in [7, 11) is 2.93. The summed E-state index contributed by atoms with van der Waals surface area (Å²) < 4.78 is 16.6. The van der Waals surface area contributed by atoms with Crippen molar-refractivity contribution in [3.63, 3.8) is 0 Å². The van der Waals surface area contributed by atoms with E-state index in [9.17, 15) is 0 Å². The van der Waals surface area contributed by atoms with Gasteiger partial charge in [-0.15, -0.1) is 23.2 Å². The maximum atomic E-state index is 6.67. The van der Waals surface area contributed by atoms with Crippen LogP contribution in [0.4, 0.5) is 0 Å². The van der Waals surface area contributed by atoms with E-state index in [4.69, 9.17) is 60.6 Å². The number of methoxy groups -OCH3 is 2. The third-order valence-electron chi connectivity index (χ3n) is 3.71. The maximum Gasteiger partial charge on any atom is 0.219 e. The molecular formula is C11H14Cl4O3. The van der Waals surface area contributed by atoms with E-state index in [1.54, 1.807) is 0 Å². The smallest absolute Gasteiger partial charge is 0.219 e. The van der Waals surface area contributed by atoms with Crippen LogP contribution in [0.25, 0.3) is 0 Å². The first kappa shape index (κ1) is 15.2.